The van der Waals surface area contributed by atoms with E-state index in [2.05, 4.69) is 10.3 Å². The van der Waals surface area contributed by atoms with Crippen LogP contribution in [-0.2, 0) is 6.18 Å². The Kier molecular flexibility index (Phi) is 6.98. The predicted molar refractivity (Wildman–Crippen MR) is 140 cm³/mol. The summed E-state index contributed by atoms with van der Waals surface area (Å²) in [5.41, 5.74) is 0.480. The molecular formula is C28H27F3N4O4. The fourth-order valence-corrected chi connectivity index (χ4v) is 4.62. The molecule has 2 aliphatic rings. The third kappa shape index (κ3) is 5.43. The molecule has 0 bridgehead atoms. The number of rotatable bonds is 3. The summed E-state index contributed by atoms with van der Waals surface area (Å²) in [5, 5.41) is 2.90. The second-order valence-electron chi connectivity index (χ2n) is 9.23. The van der Waals surface area contributed by atoms with Crippen LogP contribution in [0.4, 0.5) is 29.3 Å². The number of amides is 2. The van der Waals surface area contributed by atoms with Crippen molar-refractivity contribution in [3.8, 4) is 23.0 Å². The van der Waals surface area contributed by atoms with Crippen LogP contribution in [0.25, 0.3) is 0 Å². The molecule has 0 saturated carbocycles. The number of methoxy groups -OCH3 is 2. The van der Waals surface area contributed by atoms with E-state index in [1.807, 2.05) is 11.8 Å². The first-order valence-corrected chi connectivity index (χ1v) is 12.3. The highest BCUT2D eigenvalue weighted by molar-refractivity contribution is 6.04. The SMILES string of the molecule is COc1ccc(NC(=O)N2CCN(C3=Nc4cc(C(F)(F)F)ccc4Oc4ccc(OC)cc43)C[C@H]2C)cc1. The van der Waals surface area contributed by atoms with E-state index in [1.165, 1.54) is 13.2 Å². The largest absolute Gasteiger partial charge is 0.497 e. The van der Waals surface area contributed by atoms with Crippen molar-refractivity contribution in [2.45, 2.75) is 19.1 Å². The molecule has 5 rings (SSSR count). The Hall–Kier alpha value is -4.41. The minimum absolute atomic E-state index is 0.0716. The average molecular weight is 541 g/mol. The summed E-state index contributed by atoms with van der Waals surface area (Å²) in [7, 11) is 3.10. The zero-order valence-corrected chi connectivity index (χ0v) is 21.6. The molecule has 0 aromatic heterocycles. The number of amidine groups is 1. The second kappa shape index (κ2) is 10.4. The van der Waals surface area contributed by atoms with Gasteiger partial charge < -0.3 is 29.3 Å². The van der Waals surface area contributed by atoms with Gasteiger partial charge in [0.1, 0.15) is 28.8 Å². The molecule has 1 N–H and O–H groups in total. The van der Waals surface area contributed by atoms with Gasteiger partial charge >= 0.3 is 12.2 Å². The van der Waals surface area contributed by atoms with E-state index < -0.39 is 11.7 Å². The van der Waals surface area contributed by atoms with Crippen molar-refractivity contribution >= 4 is 23.2 Å². The number of nitrogens with one attached hydrogen (secondary N) is 1. The van der Waals surface area contributed by atoms with Gasteiger partial charge in [-0.2, -0.15) is 13.2 Å². The van der Waals surface area contributed by atoms with E-state index in [4.69, 9.17) is 14.2 Å². The first kappa shape index (κ1) is 26.2. The third-order valence-electron chi connectivity index (χ3n) is 6.69. The minimum Gasteiger partial charge on any atom is -0.497 e. The topological polar surface area (TPSA) is 75.6 Å². The van der Waals surface area contributed by atoms with Crippen LogP contribution in [0, 0.1) is 0 Å². The van der Waals surface area contributed by atoms with Crippen molar-refractivity contribution in [1.29, 1.82) is 0 Å². The van der Waals surface area contributed by atoms with E-state index >= 15 is 0 Å². The number of hydrogen-bond donors (Lipinski definition) is 1. The van der Waals surface area contributed by atoms with Gasteiger partial charge in [0.25, 0.3) is 0 Å². The number of anilines is 1. The van der Waals surface area contributed by atoms with Gasteiger partial charge in [0.15, 0.2) is 5.75 Å². The molecule has 2 aliphatic heterocycles. The van der Waals surface area contributed by atoms with Crippen LogP contribution in [0.2, 0.25) is 0 Å². The summed E-state index contributed by atoms with van der Waals surface area (Å²) in [6, 6.07) is 15.0. The summed E-state index contributed by atoms with van der Waals surface area (Å²) in [5.74, 6) is 2.35. The molecule has 3 aromatic carbocycles. The van der Waals surface area contributed by atoms with Crippen molar-refractivity contribution in [3.05, 3.63) is 71.8 Å². The van der Waals surface area contributed by atoms with Gasteiger partial charge in [-0.05, 0) is 67.6 Å². The Balaban J connectivity index is 1.43. The molecule has 0 unspecified atom stereocenters. The van der Waals surface area contributed by atoms with Crippen LogP contribution in [0.15, 0.2) is 65.7 Å². The number of aliphatic imine (C=N–C) groups is 1. The number of benzene rings is 3. The summed E-state index contributed by atoms with van der Waals surface area (Å²) in [6.07, 6.45) is -4.52. The lowest BCUT2D eigenvalue weighted by Gasteiger charge is -2.41. The maximum Gasteiger partial charge on any atom is 0.416 e. The number of nitrogens with zero attached hydrogens (tertiary/aromatic N) is 3. The van der Waals surface area contributed by atoms with Crippen LogP contribution in [-0.4, -0.2) is 61.6 Å². The number of piperazine rings is 1. The molecule has 1 fully saturated rings. The number of fused-ring (bicyclic) bond motifs is 2. The maximum absolute atomic E-state index is 13.5. The van der Waals surface area contributed by atoms with Gasteiger partial charge in [0, 0.05) is 31.4 Å². The monoisotopic (exact) mass is 540 g/mol. The average Bonchev–Trinajstić information content (AvgIpc) is 3.08. The minimum atomic E-state index is -4.52. The number of halogens is 3. The van der Waals surface area contributed by atoms with E-state index in [0.29, 0.717) is 54.0 Å². The lowest BCUT2D eigenvalue weighted by atomic mass is 10.1. The van der Waals surface area contributed by atoms with Crippen molar-refractivity contribution < 1.29 is 32.2 Å². The van der Waals surface area contributed by atoms with Crippen LogP contribution >= 0.6 is 0 Å². The highest BCUT2D eigenvalue weighted by atomic mass is 19.4. The summed E-state index contributed by atoms with van der Waals surface area (Å²) >= 11 is 0. The molecule has 0 spiro atoms. The first-order chi connectivity index (χ1) is 18.7. The molecule has 0 aliphatic carbocycles. The highest BCUT2D eigenvalue weighted by Gasteiger charge is 2.34. The van der Waals surface area contributed by atoms with Crippen molar-refractivity contribution in [2.75, 3.05) is 39.2 Å². The number of alkyl halides is 3. The molecule has 11 heteroatoms. The van der Waals surface area contributed by atoms with Crippen LogP contribution in [0.5, 0.6) is 23.0 Å². The Morgan fingerprint density at radius 1 is 0.974 bits per heavy atom. The van der Waals surface area contributed by atoms with Gasteiger partial charge in [-0.1, -0.05) is 0 Å². The molecule has 1 saturated heterocycles. The lowest BCUT2D eigenvalue weighted by Crippen LogP contribution is -2.56. The number of ether oxygens (including phenoxy) is 3. The zero-order chi connectivity index (χ0) is 27.7. The number of urea groups is 1. The first-order valence-electron chi connectivity index (χ1n) is 12.3. The summed E-state index contributed by atoms with van der Waals surface area (Å²) in [6.45, 7) is 3.09. The Morgan fingerprint density at radius 3 is 2.33 bits per heavy atom. The zero-order valence-electron chi connectivity index (χ0n) is 21.6. The summed E-state index contributed by atoms with van der Waals surface area (Å²) < 4.78 is 57.0. The van der Waals surface area contributed by atoms with Gasteiger partial charge in [0.05, 0.1) is 25.3 Å². The van der Waals surface area contributed by atoms with Crippen molar-refractivity contribution in [2.24, 2.45) is 4.99 Å². The van der Waals surface area contributed by atoms with Crippen molar-refractivity contribution in [3.63, 3.8) is 0 Å². The highest BCUT2D eigenvalue weighted by Crippen LogP contribution is 2.42. The predicted octanol–water partition coefficient (Wildman–Crippen LogP) is 6.14. The Morgan fingerprint density at radius 2 is 1.67 bits per heavy atom. The van der Waals surface area contributed by atoms with Crippen molar-refractivity contribution in [1.82, 2.24) is 9.80 Å². The number of hydrogen-bond acceptors (Lipinski definition) is 6. The lowest BCUT2D eigenvalue weighted by molar-refractivity contribution is -0.137. The van der Waals surface area contributed by atoms with Crippen LogP contribution in [0.1, 0.15) is 18.1 Å². The van der Waals surface area contributed by atoms with Gasteiger partial charge in [-0.15, -0.1) is 0 Å². The van der Waals surface area contributed by atoms with Gasteiger partial charge in [-0.25, -0.2) is 9.79 Å². The van der Waals surface area contributed by atoms with E-state index in [9.17, 15) is 18.0 Å². The fraction of sp³-hybridized carbons (Fsp3) is 0.286. The second-order valence-corrected chi connectivity index (χ2v) is 9.23. The smallest absolute Gasteiger partial charge is 0.416 e. The van der Waals surface area contributed by atoms with Crippen LogP contribution < -0.4 is 19.5 Å². The van der Waals surface area contributed by atoms with E-state index in [-0.39, 0.29) is 23.5 Å². The molecule has 39 heavy (non-hydrogen) atoms. The standard InChI is InChI=1S/C28H27F3N4O4/c1-17-16-34(12-13-35(17)27(36)32-19-5-7-20(37-2)8-6-19)26-22-15-21(38-3)9-11-24(22)39-25-10-4-18(28(29,30)31)14-23(25)33-26/h4-11,14-15,17H,12-13,16H2,1-3H3,(H,32,36)/t17-/m1/s1. The molecule has 2 heterocycles. The molecule has 8 nitrogen and oxygen atoms in total. The maximum atomic E-state index is 13.5. The molecular weight excluding hydrogens is 513 g/mol. The molecule has 204 valence electrons. The van der Waals surface area contributed by atoms with E-state index in [1.54, 1.807) is 54.5 Å². The Labute approximate surface area is 223 Å². The number of carbonyl (C=O) groups excluding carboxylic acids is 1. The Bertz CT molecular complexity index is 1410. The van der Waals surface area contributed by atoms with E-state index in [0.717, 1.165) is 12.1 Å². The van der Waals surface area contributed by atoms with Gasteiger partial charge in [0.2, 0.25) is 0 Å². The fourth-order valence-electron chi connectivity index (χ4n) is 4.62. The van der Waals surface area contributed by atoms with Gasteiger partial charge in [-0.3, -0.25) is 0 Å². The quantitative estimate of drug-likeness (QED) is 0.432. The molecule has 0 radical (unpaired) electrons. The van der Waals surface area contributed by atoms with Crippen LogP contribution in [0.3, 0.4) is 0 Å². The summed E-state index contributed by atoms with van der Waals surface area (Å²) in [4.78, 5) is 21.4. The molecule has 3 aromatic rings. The third-order valence-corrected chi connectivity index (χ3v) is 6.69. The molecule has 2 amide bonds. The normalized spacial score (nSPS) is 16.8. The molecule has 1 atom stereocenters. The number of carbonyl (C=O) groups is 1.